The number of likely N-dealkylation sites (N-methyl/N-ethyl adjacent to an activating group) is 1. The first-order valence-electron chi connectivity index (χ1n) is 14.3. The average Bonchev–Trinajstić information content (AvgIpc) is 3.28. The zero-order valence-electron chi connectivity index (χ0n) is 24.8. The molecule has 8 nitrogen and oxygen atoms in total. The number of aryl methyl sites for hydroxylation is 2. The number of aliphatic hydroxyl groups is 1. The van der Waals surface area contributed by atoms with Crippen molar-refractivity contribution in [2.45, 2.75) is 44.4 Å². The number of amides is 1. The van der Waals surface area contributed by atoms with Crippen LogP contribution in [-0.2, 0) is 28.4 Å². The number of ether oxygens (including phenoxy) is 1. The fourth-order valence-corrected chi connectivity index (χ4v) is 7.30. The van der Waals surface area contributed by atoms with Gasteiger partial charge in [-0.3, -0.25) is 4.79 Å². The minimum absolute atomic E-state index is 0.103. The first-order valence-corrected chi connectivity index (χ1v) is 15.7. The maximum Gasteiger partial charge on any atom is 0.271 e. The highest BCUT2D eigenvalue weighted by Crippen LogP contribution is 2.38. The number of hydrogen-bond acceptors (Lipinski definition) is 5. The minimum atomic E-state index is -3.78. The number of benzene rings is 3. The van der Waals surface area contributed by atoms with Crippen LogP contribution in [0.25, 0.3) is 22.0 Å². The maximum absolute atomic E-state index is 14.5. The van der Waals surface area contributed by atoms with E-state index in [0.29, 0.717) is 11.3 Å². The summed E-state index contributed by atoms with van der Waals surface area (Å²) in [6.45, 7) is 6.00. The highest BCUT2D eigenvalue weighted by molar-refractivity contribution is 7.89. The number of nitrogens with zero attached hydrogens (tertiary/aromatic N) is 3. The van der Waals surface area contributed by atoms with E-state index in [9.17, 15) is 18.3 Å². The zero-order chi connectivity index (χ0) is 30.2. The lowest BCUT2D eigenvalue weighted by molar-refractivity contribution is -0.0147. The first kappa shape index (κ1) is 30.0. The van der Waals surface area contributed by atoms with Crippen LogP contribution in [-0.4, -0.2) is 72.1 Å². The molecule has 42 heavy (non-hydrogen) atoms. The molecule has 2 heterocycles. The van der Waals surface area contributed by atoms with Crippen LogP contribution in [0.2, 0.25) is 0 Å². The topological polar surface area (TPSA) is 92.1 Å². The van der Waals surface area contributed by atoms with Gasteiger partial charge < -0.3 is 19.3 Å². The van der Waals surface area contributed by atoms with Gasteiger partial charge in [0.2, 0.25) is 10.0 Å². The smallest absolute Gasteiger partial charge is 0.271 e. The molecule has 0 aliphatic carbocycles. The van der Waals surface area contributed by atoms with Gasteiger partial charge in [0.25, 0.3) is 5.91 Å². The van der Waals surface area contributed by atoms with Crippen molar-refractivity contribution < 1.29 is 23.1 Å². The van der Waals surface area contributed by atoms with Crippen LogP contribution in [0.5, 0.6) is 0 Å². The Morgan fingerprint density at radius 1 is 1.05 bits per heavy atom. The van der Waals surface area contributed by atoms with Gasteiger partial charge in [0.15, 0.2) is 0 Å². The fraction of sp³-hybridized carbons (Fsp3) is 0.364. The summed E-state index contributed by atoms with van der Waals surface area (Å²) in [4.78, 5) is 16.4. The normalized spacial score (nSPS) is 18.9. The van der Waals surface area contributed by atoms with Crippen LogP contribution in [0.3, 0.4) is 0 Å². The summed E-state index contributed by atoms with van der Waals surface area (Å²) in [5.41, 5.74) is 4.80. The van der Waals surface area contributed by atoms with Crippen molar-refractivity contribution in [1.82, 2.24) is 13.8 Å². The number of hydrogen-bond donors (Lipinski definition) is 1. The van der Waals surface area contributed by atoms with Crippen LogP contribution in [0, 0.1) is 12.8 Å². The van der Waals surface area contributed by atoms with Gasteiger partial charge in [-0.25, -0.2) is 8.42 Å². The minimum Gasteiger partial charge on any atom is -0.394 e. The second kappa shape index (κ2) is 12.0. The second-order valence-corrected chi connectivity index (χ2v) is 13.3. The molecule has 0 spiro atoms. The highest BCUT2D eigenvalue weighted by Gasteiger charge is 2.35. The van der Waals surface area contributed by atoms with Crippen LogP contribution in [0.4, 0.5) is 0 Å². The summed E-state index contributed by atoms with van der Waals surface area (Å²) < 4.78 is 37.0. The monoisotopic (exact) mass is 589 g/mol. The summed E-state index contributed by atoms with van der Waals surface area (Å²) in [6.07, 6.45) is -0.527. The molecule has 0 radical (unpaired) electrons. The predicted molar refractivity (Wildman–Crippen MR) is 165 cm³/mol. The first-order chi connectivity index (χ1) is 20.1. The summed E-state index contributed by atoms with van der Waals surface area (Å²) in [5.74, 6) is -0.436. The molecule has 1 aliphatic heterocycles. The number of sulfonamides is 1. The van der Waals surface area contributed by atoms with Gasteiger partial charge in [0, 0.05) is 49.6 Å². The van der Waals surface area contributed by atoms with E-state index in [1.807, 2.05) is 80.1 Å². The van der Waals surface area contributed by atoms with Crippen molar-refractivity contribution in [2.24, 2.45) is 13.0 Å². The molecule has 0 unspecified atom stereocenters. The SMILES string of the molecule is Cc1ccccc1S(=O)(=O)N(C)C[C@@H]1OCc2ccccc2-c2c(n(C)c3ccccc23)C(=O)N([C@H](C)CO)C[C@H]1C. The lowest BCUT2D eigenvalue weighted by atomic mass is 9.96. The Morgan fingerprint density at radius 2 is 1.71 bits per heavy atom. The van der Waals surface area contributed by atoms with E-state index >= 15 is 0 Å². The van der Waals surface area contributed by atoms with E-state index in [0.717, 1.165) is 27.6 Å². The van der Waals surface area contributed by atoms with Crippen LogP contribution in [0.1, 0.15) is 35.5 Å². The molecular formula is C33H39N3O5S. The van der Waals surface area contributed by atoms with Gasteiger partial charge in [-0.05, 0) is 42.7 Å². The average molecular weight is 590 g/mol. The lowest BCUT2D eigenvalue weighted by Gasteiger charge is -2.35. The molecule has 3 aromatic carbocycles. The number of para-hydroxylation sites is 1. The molecular weight excluding hydrogens is 550 g/mol. The number of fused-ring (bicyclic) bond motifs is 5. The molecule has 0 bridgehead atoms. The van der Waals surface area contributed by atoms with Gasteiger partial charge in [0.1, 0.15) is 5.69 Å². The zero-order valence-corrected chi connectivity index (χ0v) is 25.6. The highest BCUT2D eigenvalue weighted by atomic mass is 32.2. The molecule has 222 valence electrons. The molecule has 5 rings (SSSR count). The summed E-state index contributed by atoms with van der Waals surface area (Å²) in [7, 11) is -0.310. The molecule has 1 aliphatic rings. The number of carbonyl (C=O) groups excluding carboxylic acids is 1. The number of aromatic nitrogens is 1. The third kappa shape index (κ3) is 5.38. The number of rotatable bonds is 6. The Kier molecular flexibility index (Phi) is 8.57. The van der Waals surface area contributed by atoms with E-state index in [1.54, 1.807) is 37.1 Å². The lowest BCUT2D eigenvalue weighted by Crippen LogP contribution is -2.48. The van der Waals surface area contributed by atoms with Crippen LogP contribution in [0.15, 0.2) is 77.7 Å². The Bertz CT molecular complexity index is 1710. The Morgan fingerprint density at radius 3 is 2.45 bits per heavy atom. The third-order valence-electron chi connectivity index (χ3n) is 8.44. The van der Waals surface area contributed by atoms with Crippen molar-refractivity contribution in [1.29, 1.82) is 0 Å². The molecule has 0 saturated heterocycles. The number of carbonyl (C=O) groups is 1. The molecule has 1 aromatic heterocycles. The van der Waals surface area contributed by atoms with Crippen LogP contribution < -0.4 is 0 Å². The molecule has 1 N–H and O–H groups in total. The molecule has 3 atom stereocenters. The summed E-state index contributed by atoms with van der Waals surface area (Å²) >= 11 is 0. The molecule has 0 saturated carbocycles. The van der Waals surface area contributed by atoms with Crippen molar-refractivity contribution in [3.8, 4) is 11.1 Å². The molecule has 9 heteroatoms. The maximum atomic E-state index is 14.5. The standard InChI is InChI=1S/C33H39N3O5S/c1-22-12-6-11-17-30(22)42(39,40)34(4)19-29-23(2)18-36(24(3)20-37)33(38)32-31(26-14-8-7-13-25(26)21-41-29)27-15-9-10-16-28(27)35(32)5/h6-17,23-24,29,37H,18-21H2,1-5H3/t23-,24-,29+/m1/s1. The Balaban J connectivity index is 1.61. The van der Waals surface area contributed by atoms with Crippen molar-refractivity contribution in [3.05, 3.63) is 89.6 Å². The Hall–Kier alpha value is -3.50. The predicted octanol–water partition coefficient (Wildman–Crippen LogP) is 4.83. The number of aliphatic hydroxyl groups excluding tert-OH is 1. The largest absolute Gasteiger partial charge is 0.394 e. The van der Waals surface area contributed by atoms with E-state index in [2.05, 4.69) is 0 Å². The molecule has 1 amide bonds. The van der Waals surface area contributed by atoms with E-state index < -0.39 is 22.2 Å². The van der Waals surface area contributed by atoms with Gasteiger partial charge in [0.05, 0.1) is 30.3 Å². The summed E-state index contributed by atoms with van der Waals surface area (Å²) in [6, 6.07) is 22.3. The van der Waals surface area contributed by atoms with E-state index in [4.69, 9.17) is 4.74 Å². The van der Waals surface area contributed by atoms with Crippen molar-refractivity contribution in [3.63, 3.8) is 0 Å². The van der Waals surface area contributed by atoms with E-state index in [-0.39, 0.29) is 43.0 Å². The second-order valence-electron chi connectivity index (χ2n) is 11.3. The van der Waals surface area contributed by atoms with E-state index in [1.165, 1.54) is 4.31 Å². The van der Waals surface area contributed by atoms with Crippen molar-refractivity contribution in [2.75, 3.05) is 26.7 Å². The van der Waals surface area contributed by atoms with Crippen LogP contribution >= 0.6 is 0 Å². The Labute approximate surface area is 248 Å². The third-order valence-corrected chi connectivity index (χ3v) is 10.4. The fourth-order valence-electron chi connectivity index (χ4n) is 5.89. The quantitative estimate of drug-likeness (QED) is 0.348. The summed E-state index contributed by atoms with van der Waals surface area (Å²) in [5, 5.41) is 11.2. The molecule has 0 fully saturated rings. The van der Waals surface area contributed by atoms with Crippen molar-refractivity contribution >= 4 is 26.8 Å². The van der Waals surface area contributed by atoms with Gasteiger partial charge in [-0.15, -0.1) is 0 Å². The van der Waals surface area contributed by atoms with Gasteiger partial charge in [-0.1, -0.05) is 67.6 Å². The van der Waals surface area contributed by atoms with Gasteiger partial charge >= 0.3 is 0 Å². The molecule has 4 aromatic rings. The van der Waals surface area contributed by atoms with Gasteiger partial charge in [-0.2, -0.15) is 4.31 Å².